The molecule has 0 amide bonds. The largest absolute Gasteiger partial charge is 3.00 e. The number of oxime groups is 2. The third kappa shape index (κ3) is 712. The van der Waals surface area contributed by atoms with Gasteiger partial charge in [0.1, 0.15) is 0 Å². The second kappa shape index (κ2) is 33.1. The molecule has 138 valence electrons. The fourth-order valence-electron chi connectivity index (χ4n) is 0. The van der Waals surface area contributed by atoms with Gasteiger partial charge in [-0.2, -0.15) is 0 Å². The normalized spacial score (nSPS) is 7.65. The van der Waals surface area contributed by atoms with Crippen molar-refractivity contribution in [1.29, 1.82) is 0 Å². The SMILES string of the molecule is CC(C)=NO.CC(C)=NO.CC(C)[O-].CC(C)[O-].CC(C)[O-].[Al+3]. The van der Waals surface area contributed by atoms with Gasteiger partial charge in [-0.25, -0.2) is 0 Å². The van der Waals surface area contributed by atoms with Crippen molar-refractivity contribution in [1.82, 2.24) is 0 Å². The van der Waals surface area contributed by atoms with Crippen LogP contribution in [0.25, 0.3) is 0 Å². The first-order valence-corrected chi connectivity index (χ1v) is 7.02. The summed E-state index contributed by atoms with van der Waals surface area (Å²) in [6.07, 6.45) is -1.25. The molecule has 0 aliphatic rings. The summed E-state index contributed by atoms with van der Waals surface area (Å²) in [6, 6.07) is 0. The number of nitrogens with zero attached hydrogens (tertiary/aromatic N) is 2. The molecule has 0 fully saturated rings. The Kier molecular flexibility index (Phi) is 54.8. The van der Waals surface area contributed by atoms with E-state index in [1.807, 2.05) is 0 Å². The van der Waals surface area contributed by atoms with Crippen LogP contribution in [0, 0.1) is 0 Å². The van der Waals surface area contributed by atoms with E-state index in [1.165, 1.54) is 0 Å². The van der Waals surface area contributed by atoms with Crippen LogP contribution >= 0.6 is 0 Å². The zero-order valence-corrected chi connectivity index (χ0v) is 17.5. The second-order valence-electron chi connectivity index (χ2n) is 5.24. The number of hydrogen-bond acceptors (Lipinski definition) is 7. The molecular weight excluding hydrogens is 315 g/mol. The van der Waals surface area contributed by atoms with Gasteiger partial charge >= 0.3 is 17.4 Å². The van der Waals surface area contributed by atoms with E-state index in [2.05, 4.69) is 10.3 Å². The van der Waals surface area contributed by atoms with Crippen LogP contribution in [-0.4, -0.2) is 57.5 Å². The molecule has 0 radical (unpaired) electrons. The minimum atomic E-state index is -0.417. The van der Waals surface area contributed by atoms with Crippen LogP contribution < -0.4 is 15.3 Å². The molecule has 0 aliphatic carbocycles. The van der Waals surface area contributed by atoms with E-state index in [-0.39, 0.29) is 17.4 Å². The van der Waals surface area contributed by atoms with Gasteiger partial charge in [-0.1, -0.05) is 51.9 Å². The van der Waals surface area contributed by atoms with E-state index in [0.29, 0.717) is 11.4 Å². The van der Waals surface area contributed by atoms with Gasteiger partial charge in [0.05, 0.1) is 11.4 Å². The van der Waals surface area contributed by atoms with Gasteiger partial charge in [0, 0.05) is 0 Å². The summed E-state index contributed by atoms with van der Waals surface area (Å²) < 4.78 is 0. The zero-order chi connectivity index (χ0) is 19.3. The Labute approximate surface area is 152 Å². The summed E-state index contributed by atoms with van der Waals surface area (Å²) in [5.74, 6) is 0. The van der Waals surface area contributed by atoms with Crippen LogP contribution in [0.4, 0.5) is 0 Å². The number of hydrogen-bond donors (Lipinski definition) is 2. The molecule has 0 aromatic rings. The van der Waals surface area contributed by atoms with E-state index in [1.54, 1.807) is 69.2 Å². The standard InChI is InChI=1S/2C3H7NO.3C3H7O.Al/c2*1-3(2)4-5;3*1-3(2)4;/h2*5H,1-2H3;3*3H,1-2H3;/q;;3*-1;+3. The number of rotatable bonds is 0. The fourth-order valence-corrected chi connectivity index (χ4v) is 0. The summed E-state index contributed by atoms with van der Waals surface area (Å²) in [6.45, 7) is 16.6. The third-order valence-corrected chi connectivity index (χ3v) is 0.400. The van der Waals surface area contributed by atoms with Gasteiger partial charge in [0.25, 0.3) is 0 Å². The van der Waals surface area contributed by atoms with Crippen LogP contribution in [-0.2, 0) is 0 Å². The van der Waals surface area contributed by atoms with Crippen LogP contribution in [0.5, 0.6) is 0 Å². The predicted molar refractivity (Wildman–Crippen MR) is 92.3 cm³/mol. The van der Waals surface area contributed by atoms with Crippen molar-refractivity contribution in [2.24, 2.45) is 10.3 Å². The van der Waals surface area contributed by atoms with Crippen molar-refractivity contribution in [3.63, 3.8) is 0 Å². The van der Waals surface area contributed by atoms with Crippen molar-refractivity contribution >= 4 is 28.8 Å². The first-order chi connectivity index (χ1) is 9.74. The van der Waals surface area contributed by atoms with Crippen LogP contribution in [0.15, 0.2) is 10.3 Å². The molecule has 0 aromatic heterocycles. The first-order valence-electron chi connectivity index (χ1n) is 7.02. The van der Waals surface area contributed by atoms with Gasteiger partial charge < -0.3 is 25.7 Å². The Balaban J connectivity index is -0.0000000390. The molecule has 0 saturated heterocycles. The zero-order valence-electron chi connectivity index (χ0n) is 16.3. The molecule has 7 nitrogen and oxygen atoms in total. The van der Waals surface area contributed by atoms with Crippen molar-refractivity contribution in [2.75, 3.05) is 0 Å². The van der Waals surface area contributed by atoms with Crippen molar-refractivity contribution < 1.29 is 25.7 Å². The molecule has 0 rings (SSSR count). The molecule has 0 bridgehead atoms. The summed E-state index contributed by atoms with van der Waals surface area (Å²) in [4.78, 5) is 0. The van der Waals surface area contributed by atoms with Crippen molar-refractivity contribution in [3.8, 4) is 0 Å². The molecule has 0 aliphatic heterocycles. The van der Waals surface area contributed by atoms with E-state index >= 15 is 0 Å². The molecule has 0 heterocycles. The minimum absolute atomic E-state index is 0. The summed E-state index contributed by atoms with van der Waals surface area (Å²) in [5.41, 5.74) is 1.37. The molecule has 0 aromatic carbocycles. The molecule has 0 unspecified atom stereocenters. The van der Waals surface area contributed by atoms with Crippen LogP contribution in [0.1, 0.15) is 69.2 Å². The fraction of sp³-hybridized carbons (Fsp3) is 0.867. The minimum Gasteiger partial charge on any atom is -0.852 e. The maximum Gasteiger partial charge on any atom is 3.00 e. The van der Waals surface area contributed by atoms with E-state index in [0.717, 1.165) is 0 Å². The van der Waals surface area contributed by atoms with E-state index in [4.69, 9.17) is 10.4 Å². The molecule has 8 heteroatoms. The Bertz CT molecular complexity index is 199. The molecule has 0 atom stereocenters. The molecule has 0 spiro atoms. The van der Waals surface area contributed by atoms with Crippen LogP contribution in [0.3, 0.4) is 0 Å². The quantitative estimate of drug-likeness (QED) is 0.285. The Morgan fingerprint density at radius 3 is 0.652 bits per heavy atom. The Hall–Kier alpha value is -0.648. The Morgan fingerprint density at radius 1 is 0.609 bits per heavy atom. The maximum absolute atomic E-state index is 9.53. The third-order valence-electron chi connectivity index (χ3n) is 0.400. The topological polar surface area (TPSA) is 134 Å². The molecular formula is C15H35AlN2O5. The molecule has 0 saturated carbocycles. The predicted octanol–water partition coefficient (Wildman–Crippen LogP) is 0.597. The summed E-state index contributed by atoms with van der Waals surface area (Å²) in [7, 11) is 0. The average Bonchev–Trinajstić information content (AvgIpc) is 2.27. The van der Waals surface area contributed by atoms with Gasteiger partial charge in [-0.15, -0.1) is 18.3 Å². The van der Waals surface area contributed by atoms with Crippen molar-refractivity contribution in [2.45, 2.75) is 87.5 Å². The van der Waals surface area contributed by atoms with Gasteiger partial charge in [-0.3, -0.25) is 0 Å². The van der Waals surface area contributed by atoms with Gasteiger partial charge in [0.2, 0.25) is 0 Å². The van der Waals surface area contributed by atoms with Crippen molar-refractivity contribution in [3.05, 3.63) is 0 Å². The van der Waals surface area contributed by atoms with E-state index < -0.39 is 18.3 Å². The Morgan fingerprint density at radius 2 is 0.652 bits per heavy atom. The van der Waals surface area contributed by atoms with Crippen LogP contribution in [0.2, 0.25) is 0 Å². The van der Waals surface area contributed by atoms with Gasteiger partial charge in [-0.05, 0) is 27.7 Å². The maximum atomic E-state index is 9.53. The summed E-state index contributed by atoms with van der Waals surface area (Å²) in [5, 5.41) is 49.7. The second-order valence-corrected chi connectivity index (χ2v) is 5.24. The van der Waals surface area contributed by atoms with Gasteiger partial charge in [0.15, 0.2) is 0 Å². The van der Waals surface area contributed by atoms with E-state index in [9.17, 15) is 15.3 Å². The first kappa shape index (κ1) is 38.1. The summed E-state index contributed by atoms with van der Waals surface area (Å²) >= 11 is 0. The smallest absolute Gasteiger partial charge is 0.852 e. The monoisotopic (exact) mass is 350 g/mol. The molecule has 2 N–H and O–H groups in total. The molecule has 23 heavy (non-hydrogen) atoms. The average molecular weight is 350 g/mol.